The maximum Gasteiger partial charge on any atom is 0.118 e. The summed E-state index contributed by atoms with van der Waals surface area (Å²) in [6, 6.07) is 8.39. The molecule has 90 valence electrons. The van der Waals surface area contributed by atoms with Gasteiger partial charge in [0.2, 0.25) is 0 Å². The molecular formula is C13H17N3O. The van der Waals surface area contributed by atoms with E-state index in [-0.39, 0.29) is 0 Å². The fourth-order valence-electron chi connectivity index (χ4n) is 1.65. The first-order valence-corrected chi connectivity index (χ1v) is 5.64. The fraction of sp³-hybridized carbons (Fsp3) is 0.308. The zero-order valence-corrected chi connectivity index (χ0v) is 10.1. The van der Waals surface area contributed by atoms with Crippen molar-refractivity contribution in [1.82, 2.24) is 15.3 Å². The molecule has 0 amide bonds. The highest BCUT2D eigenvalue weighted by Gasteiger charge is 2.05. The lowest BCUT2D eigenvalue weighted by Gasteiger charge is -2.13. The second-order valence-electron chi connectivity index (χ2n) is 3.95. The number of hydrogen-bond donors (Lipinski definition) is 2. The minimum Gasteiger partial charge on any atom is -0.497 e. The molecule has 0 bridgehead atoms. The lowest BCUT2D eigenvalue weighted by Crippen LogP contribution is -2.18. The number of aromatic nitrogens is 2. The highest BCUT2D eigenvalue weighted by molar-refractivity contribution is 5.28. The number of aromatic amines is 1. The molecule has 17 heavy (non-hydrogen) atoms. The number of nitrogens with zero attached hydrogens (tertiary/aromatic N) is 1. The number of rotatable bonds is 5. The van der Waals surface area contributed by atoms with Gasteiger partial charge in [-0.1, -0.05) is 12.1 Å². The molecule has 0 radical (unpaired) electrons. The van der Waals surface area contributed by atoms with Crippen LogP contribution in [0.25, 0.3) is 0 Å². The van der Waals surface area contributed by atoms with Crippen LogP contribution in [0.2, 0.25) is 0 Å². The van der Waals surface area contributed by atoms with E-state index in [1.807, 2.05) is 18.3 Å². The van der Waals surface area contributed by atoms with E-state index < -0.39 is 0 Å². The predicted molar refractivity (Wildman–Crippen MR) is 66.8 cm³/mol. The van der Waals surface area contributed by atoms with Crippen LogP contribution >= 0.6 is 0 Å². The smallest absolute Gasteiger partial charge is 0.118 e. The van der Waals surface area contributed by atoms with Crippen LogP contribution in [0, 0.1) is 0 Å². The van der Waals surface area contributed by atoms with Crippen LogP contribution in [0.1, 0.15) is 24.2 Å². The minimum absolute atomic E-state index is 0.296. The second-order valence-corrected chi connectivity index (χ2v) is 3.95. The van der Waals surface area contributed by atoms with Crippen molar-refractivity contribution in [3.63, 3.8) is 0 Å². The Morgan fingerprint density at radius 2 is 2.12 bits per heavy atom. The Balaban J connectivity index is 1.92. The van der Waals surface area contributed by atoms with Gasteiger partial charge < -0.3 is 15.0 Å². The molecule has 0 aliphatic heterocycles. The van der Waals surface area contributed by atoms with E-state index in [0.29, 0.717) is 6.04 Å². The fourth-order valence-corrected chi connectivity index (χ4v) is 1.65. The quantitative estimate of drug-likeness (QED) is 0.830. The average molecular weight is 231 g/mol. The summed E-state index contributed by atoms with van der Waals surface area (Å²) in [6.07, 6.45) is 3.52. The van der Waals surface area contributed by atoms with Gasteiger partial charge in [0.15, 0.2) is 0 Å². The minimum atomic E-state index is 0.296. The zero-order chi connectivity index (χ0) is 12.1. The van der Waals surface area contributed by atoms with Crippen molar-refractivity contribution in [1.29, 1.82) is 0 Å². The third-order valence-corrected chi connectivity index (χ3v) is 2.77. The molecule has 0 saturated carbocycles. The van der Waals surface area contributed by atoms with Crippen molar-refractivity contribution in [2.45, 2.75) is 19.5 Å². The first-order chi connectivity index (χ1) is 8.29. The molecule has 1 unspecified atom stereocenters. The average Bonchev–Trinajstić information content (AvgIpc) is 2.89. The molecule has 2 aromatic rings. The molecule has 1 aromatic carbocycles. The van der Waals surface area contributed by atoms with Crippen LogP contribution in [0.5, 0.6) is 5.75 Å². The van der Waals surface area contributed by atoms with Crippen LogP contribution in [-0.2, 0) is 6.54 Å². The van der Waals surface area contributed by atoms with Gasteiger partial charge in [-0.15, -0.1) is 0 Å². The van der Waals surface area contributed by atoms with Crippen molar-refractivity contribution < 1.29 is 4.74 Å². The predicted octanol–water partition coefficient (Wildman–Crippen LogP) is 2.27. The summed E-state index contributed by atoms with van der Waals surface area (Å²) < 4.78 is 5.13. The number of ether oxygens (including phenoxy) is 1. The van der Waals surface area contributed by atoms with Gasteiger partial charge >= 0.3 is 0 Å². The van der Waals surface area contributed by atoms with Gasteiger partial charge in [-0.05, 0) is 24.6 Å². The summed E-state index contributed by atoms with van der Waals surface area (Å²) >= 11 is 0. The van der Waals surface area contributed by atoms with E-state index in [9.17, 15) is 0 Å². The standard InChI is InChI=1S/C13H17N3O/c1-10(15-8-12-7-14-9-16-12)11-3-5-13(17-2)6-4-11/h3-7,9-10,15H,8H2,1-2H3,(H,14,16). The third-order valence-electron chi connectivity index (χ3n) is 2.77. The Bertz CT molecular complexity index is 436. The van der Waals surface area contributed by atoms with Gasteiger partial charge in [0.05, 0.1) is 13.4 Å². The van der Waals surface area contributed by atoms with Crippen molar-refractivity contribution in [2.24, 2.45) is 0 Å². The summed E-state index contributed by atoms with van der Waals surface area (Å²) in [6.45, 7) is 2.92. The number of H-pyrrole nitrogens is 1. The monoisotopic (exact) mass is 231 g/mol. The van der Waals surface area contributed by atoms with Crippen LogP contribution in [0.4, 0.5) is 0 Å². The first-order valence-electron chi connectivity index (χ1n) is 5.64. The molecule has 1 aromatic heterocycles. The largest absolute Gasteiger partial charge is 0.497 e. The van der Waals surface area contributed by atoms with Gasteiger partial charge in [-0.3, -0.25) is 0 Å². The van der Waals surface area contributed by atoms with E-state index in [4.69, 9.17) is 4.74 Å². The lowest BCUT2D eigenvalue weighted by atomic mass is 10.1. The van der Waals surface area contributed by atoms with E-state index in [1.54, 1.807) is 13.4 Å². The molecule has 4 nitrogen and oxygen atoms in total. The van der Waals surface area contributed by atoms with Crippen LogP contribution in [-0.4, -0.2) is 17.1 Å². The van der Waals surface area contributed by atoms with Gasteiger partial charge in [-0.25, -0.2) is 4.98 Å². The normalized spacial score (nSPS) is 12.4. The Morgan fingerprint density at radius 1 is 1.35 bits per heavy atom. The molecule has 2 rings (SSSR count). The van der Waals surface area contributed by atoms with Crippen molar-refractivity contribution in [2.75, 3.05) is 7.11 Å². The van der Waals surface area contributed by atoms with Crippen molar-refractivity contribution >= 4 is 0 Å². The molecule has 1 atom stereocenters. The summed E-state index contributed by atoms with van der Waals surface area (Å²) in [5.74, 6) is 0.884. The van der Waals surface area contributed by atoms with Crippen LogP contribution < -0.4 is 10.1 Å². The van der Waals surface area contributed by atoms with Crippen molar-refractivity contribution in [3.8, 4) is 5.75 Å². The number of nitrogens with one attached hydrogen (secondary N) is 2. The van der Waals surface area contributed by atoms with Gasteiger partial charge in [0.25, 0.3) is 0 Å². The number of methoxy groups -OCH3 is 1. The molecule has 2 N–H and O–H groups in total. The van der Waals surface area contributed by atoms with E-state index >= 15 is 0 Å². The summed E-state index contributed by atoms with van der Waals surface area (Å²) in [4.78, 5) is 7.05. The highest BCUT2D eigenvalue weighted by atomic mass is 16.5. The number of hydrogen-bond acceptors (Lipinski definition) is 3. The topological polar surface area (TPSA) is 49.9 Å². The first kappa shape index (κ1) is 11.7. The van der Waals surface area contributed by atoms with E-state index in [1.165, 1.54) is 5.56 Å². The lowest BCUT2D eigenvalue weighted by molar-refractivity contribution is 0.414. The van der Waals surface area contributed by atoms with Gasteiger partial charge in [-0.2, -0.15) is 0 Å². The Morgan fingerprint density at radius 3 is 2.71 bits per heavy atom. The summed E-state index contributed by atoms with van der Waals surface area (Å²) in [5, 5.41) is 3.43. The molecule has 0 spiro atoms. The second kappa shape index (κ2) is 5.50. The summed E-state index contributed by atoms with van der Waals surface area (Å²) in [5.41, 5.74) is 2.33. The molecule has 1 heterocycles. The van der Waals surface area contributed by atoms with Crippen LogP contribution in [0.3, 0.4) is 0 Å². The Kier molecular flexibility index (Phi) is 3.77. The molecule has 4 heteroatoms. The SMILES string of the molecule is COc1ccc(C(C)NCc2cnc[nH]2)cc1. The Hall–Kier alpha value is -1.81. The number of imidazole rings is 1. The maximum absolute atomic E-state index is 5.13. The van der Waals surface area contributed by atoms with Crippen LogP contribution in [0.15, 0.2) is 36.8 Å². The molecule has 0 saturated heterocycles. The van der Waals surface area contributed by atoms with E-state index in [0.717, 1.165) is 18.0 Å². The molecule has 0 aliphatic carbocycles. The number of benzene rings is 1. The Labute approximate surface area is 101 Å². The summed E-state index contributed by atoms with van der Waals surface area (Å²) in [7, 11) is 1.68. The molecule has 0 aliphatic rings. The third kappa shape index (κ3) is 3.07. The zero-order valence-electron chi connectivity index (χ0n) is 10.1. The maximum atomic E-state index is 5.13. The van der Waals surface area contributed by atoms with E-state index in [2.05, 4.69) is 34.3 Å². The molecular weight excluding hydrogens is 214 g/mol. The molecule has 0 fully saturated rings. The van der Waals surface area contributed by atoms with Crippen molar-refractivity contribution in [3.05, 3.63) is 48.0 Å². The van der Waals surface area contributed by atoms with Gasteiger partial charge in [0, 0.05) is 24.5 Å². The highest BCUT2D eigenvalue weighted by Crippen LogP contribution is 2.17. The van der Waals surface area contributed by atoms with Gasteiger partial charge in [0.1, 0.15) is 5.75 Å².